The third-order valence-electron chi connectivity index (χ3n) is 7.32. The molecule has 0 spiro atoms. The summed E-state index contributed by atoms with van der Waals surface area (Å²) in [6, 6.07) is 10.7. The molecule has 2 fully saturated rings. The molecule has 5 rings (SSSR count). The molecule has 0 radical (unpaired) electrons. The second-order valence-corrected chi connectivity index (χ2v) is 11.9. The lowest BCUT2D eigenvalue weighted by molar-refractivity contribution is -0.150. The van der Waals surface area contributed by atoms with E-state index in [9.17, 15) is 19.6 Å². The van der Waals surface area contributed by atoms with Gasteiger partial charge in [-0.25, -0.2) is 14.1 Å². The Morgan fingerprint density at radius 1 is 1.25 bits per heavy atom. The van der Waals surface area contributed by atoms with Crippen LogP contribution in [-0.4, -0.2) is 67.8 Å². The van der Waals surface area contributed by atoms with E-state index in [1.807, 2.05) is 0 Å². The van der Waals surface area contributed by atoms with Crippen LogP contribution in [0.5, 0.6) is 5.75 Å². The predicted molar refractivity (Wildman–Crippen MR) is 143 cm³/mol. The number of aromatic nitrogens is 3. The van der Waals surface area contributed by atoms with Crippen molar-refractivity contribution in [1.82, 2.24) is 19.7 Å². The van der Waals surface area contributed by atoms with E-state index in [0.29, 0.717) is 11.2 Å². The van der Waals surface area contributed by atoms with Gasteiger partial charge in [0, 0.05) is 0 Å². The molecule has 0 amide bonds. The predicted octanol–water partition coefficient (Wildman–Crippen LogP) is 2.31. The Morgan fingerprint density at radius 3 is 2.70 bits per heavy atom. The van der Waals surface area contributed by atoms with Crippen molar-refractivity contribution in [3.8, 4) is 5.75 Å². The van der Waals surface area contributed by atoms with Gasteiger partial charge in [-0.15, -0.1) is 0 Å². The van der Waals surface area contributed by atoms with Gasteiger partial charge in [-0.1, -0.05) is 18.2 Å². The van der Waals surface area contributed by atoms with Gasteiger partial charge in [0.25, 0.3) is 0 Å². The lowest BCUT2D eigenvalue weighted by Crippen LogP contribution is -2.40. The minimum atomic E-state index is -4.21. The number of benzene rings is 1. The first-order valence-electron chi connectivity index (χ1n) is 13.2. The maximum atomic E-state index is 13.9. The molecule has 6 atom stereocenters. The third kappa shape index (κ3) is 5.71. The van der Waals surface area contributed by atoms with Crippen LogP contribution in [0.25, 0.3) is 5.52 Å². The number of aliphatic hydroxyl groups excluding tert-OH is 2. The molecule has 216 valence electrons. The van der Waals surface area contributed by atoms with Gasteiger partial charge in [0.1, 0.15) is 53.7 Å². The molecule has 13 nitrogen and oxygen atoms in total. The molecule has 0 unspecified atom stereocenters. The lowest BCUT2D eigenvalue weighted by Gasteiger charge is -2.27. The van der Waals surface area contributed by atoms with E-state index >= 15 is 0 Å². The average molecular weight is 576 g/mol. The number of nitrogens with one attached hydrogen (secondary N) is 1. The molecule has 1 aliphatic carbocycles. The van der Waals surface area contributed by atoms with Crippen molar-refractivity contribution >= 4 is 25.1 Å². The Hall–Kier alpha value is -3.06. The summed E-state index contributed by atoms with van der Waals surface area (Å²) in [5.74, 6) is -0.0956. The fourth-order valence-electron chi connectivity index (χ4n) is 5.10. The number of nitrogens with two attached hydrogens (primary N) is 1. The van der Waals surface area contributed by atoms with E-state index in [0.717, 1.165) is 25.7 Å². The van der Waals surface area contributed by atoms with Gasteiger partial charge in [0.05, 0.1) is 12.3 Å². The van der Waals surface area contributed by atoms with Crippen LogP contribution in [-0.2, 0) is 29.0 Å². The number of esters is 1. The number of para-hydroxylation sites is 1. The highest BCUT2D eigenvalue weighted by Gasteiger charge is 2.54. The van der Waals surface area contributed by atoms with Gasteiger partial charge in [0.2, 0.25) is 0 Å². The molecule has 0 bridgehead atoms. The monoisotopic (exact) mass is 575 g/mol. The fraction of sp³-hybridized carbons (Fsp3) is 0.500. The molecular formula is C26H34N5O8P. The van der Waals surface area contributed by atoms with E-state index in [2.05, 4.69) is 15.2 Å². The molecule has 40 heavy (non-hydrogen) atoms. The molecular weight excluding hydrogens is 541 g/mol. The number of fused-ring (bicyclic) bond motifs is 1. The quantitative estimate of drug-likeness (QED) is 0.205. The van der Waals surface area contributed by atoms with E-state index < -0.39 is 50.3 Å². The normalized spacial score (nSPS) is 27.4. The lowest BCUT2D eigenvalue weighted by atomic mass is 9.93. The van der Waals surface area contributed by atoms with Gasteiger partial charge in [-0.2, -0.15) is 10.2 Å². The molecule has 1 saturated heterocycles. The van der Waals surface area contributed by atoms with Crippen molar-refractivity contribution in [3.63, 3.8) is 0 Å². The van der Waals surface area contributed by atoms with Crippen molar-refractivity contribution in [3.05, 3.63) is 54.5 Å². The maximum Gasteiger partial charge on any atom is 0.459 e. The number of carbonyl (C=O) groups is 1. The zero-order valence-electron chi connectivity index (χ0n) is 22.3. The van der Waals surface area contributed by atoms with Crippen LogP contribution in [0.3, 0.4) is 0 Å². The van der Waals surface area contributed by atoms with E-state index in [4.69, 9.17) is 24.3 Å². The number of anilines is 1. The summed E-state index contributed by atoms with van der Waals surface area (Å²) in [6.07, 6.45) is 0.761. The molecule has 1 saturated carbocycles. The van der Waals surface area contributed by atoms with Gasteiger partial charge >= 0.3 is 13.7 Å². The largest absolute Gasteiger partial charge is 0.461 e. The summed E-state index contributed by atoms with van der Waals surface area (Å²) in [5, 5.41) is 28.7. The number of nitrogen functional groups attached to an aromatic ring is 1. The summed E-state index contributed by atoms with van der Waals surface area (Å²) >= 11 is 0. The number of hydrogen-bond donors (Lipinski definition) is 4. The zero-order chi connectivity index (χ0) is 28.5. The van der Waals surface area contributed by atoms with Crippen LogP contribution < -0.4 is 15.3 Å². The first-order chi connectivity index (χ1) is 19.1. The molecule has 3 heterocycles. The standard InChI is InChI=1S/C26H34N5O8P/c1-16(25(34)37-17-8-6-7-9-17)30-40(35,39-18-10-4-3-5-11-18)36-14-20-22(32)23(33)26(2,38-20)21-13-12-19-24(27)28-15-29-31(19)21/h3-5,10-13,15-17,20,22-23,32-33H,6-9,14H2,1-2H3,(H,30,35)(H2,27,28,29)/t16-,20+,22+,23+,26-,40-/m0/s1. The summed E-state index contributed by atoms with van der Waals surface area (Å²) < 4.78 is 38.4. The topological polar surface area (TPSA) is 180 Å². The number of hydrogen-bond acceptors (Lipinski definition) is 11. The summed E-state index contributed by atoms with van der Waals surface area (Å²) in [4.78, 5) is 16.7. The first-order valence-corrected chi connectivity index (χ1v) is 14.7. The van der Waals surface area contributed by atoms with E-state index in [1.165, 1.54) is 17.8 Å². The molecule has 3 aromatic rings. The Bertz CT molecular complexity index is 1380. The van der Waals surface area contributed by atoms with Gasteiger partial charge in [0.15, 0.2) is 5.82 Å². The maximum absolute atomic E-state index is 13.9. The Kier molecular flexibility index (Phi) is 8.14. The minimum absolute atomic E-state index is 0.168. The average Bonchev–Trinajstić information content (AvgIpc) is 3.65. The van der Waals surface area contributed by atoms with Crippen LogP contribution >= 0.6 is 7.75 Å². The van der Waals surface area contributed by atoms with Crippen LogP contribution in [0, 0.1) is 0 Å². The Morgan fingerprint density at radius 2 is 1.98 bits per heavy atom. The highest BCUT2D eigenvalue weighted by Crippen LogP contribution is 2.47. The van der Waals surface area contributed by atoms with Crippen molar-refractivity contribution in [2.45, 2.75) is 75.6 Å². The van der Waals surface area contributed by atoms with Crippen molar-refractivity contribution in [2.75, 3.05) is 12.3 Å². The summed E-state index contributed by atoms with van der Waals surface area (Å²) in [5.41, 5.74) is 5.45. The van der Waals surface area contributed by atoms with Crippen LogP contribution in [0.15, 0.2) is 48.8 Å². The first kappa shape index (κ1) is 28.5. The van der Waals surface area contributed by atoms with Crippen LogP contribution in [0.4, 0.5) is 5.82 Å². The van der Waals surface area contributed by atoms with Gasteiger partial charge < -0.3 is 29.9 Å². The number of aliphatic hydroxyl groups is 2. The number of rotatable bonds is 10. The highest BCUT2D eigenvalue weighted by molar-refractivity contribution is 7.52. The fourth-order valence-corrected chi connectivity index (χ4v) is 6.60. The number of carbonyl (C=O) groups excluding carboxylic acids is 1. The van der Waals surface area contributed by atoms with Gasteiger partial charge in [-0.3, -0.25) is 9.32 Å². The van der Waals surface area contributed by atoms with Crippen molar-refractivity contribution in [2.24, 2.45) is 0 Å². The molecule has 2 aliphatic rings. The SMILES string of the molecule is C[C@H](N[P@](=O)(OC[C@H]1O[C@@](C)(c2ccc3c(N)ncnn23)[C@H](O)[C@@H]1O)Oc1ccccc1)C(=O)OC1CCCC1. The summed E-state index contributed by atoms with van der Waals surface area (Å²) in [7, 11) is -4.21. The van der Waals surface area contributed by atoms with Crippen molar-refractivity contribution < 1.29 is 38.1 Å². The van der Waals surface area contributed by atoms with Crippen molar-refractivity contribution in [1.29, 1.82) is 0 Å². The molecule has 1 aromatic carbocycles. The van der Waals surface area contributed by atoms with Crippen LogP contribution in [0.2, 0.25) is 0 Å². The number of ether oxygens (including phenoxy) is 2. The second kappa shape index (κ2) is 11.4. The smallest absolute Gasteiger partial charge is 0.459 e. The second-order valence-electron chi connectivity index (χ2n) is 10.3. The molecule has 5 N–H and O–H groups in total. The number of nitrogens with zero attached hydrogens (tertiary/aromatic N) is 3. The third-order valence-corrected chi connectivity index (χ3v) is 8.97. The van der Waals surface area contributed by atoms with E-state index in [1.54, 1.807) is 49.4 Å². The highest BCUT2D eigenvalue weighted by atomic mass is 31.2. The van der Waals surface area contributed by atoms with Gasteiger partial charge in [-0.05, 0) is 63.8 Å². The Balaban J connectivity index is 1.32. The molecule has 14 heteroatoms. The summed E-state index contributed by atoms with van der Waals surface area (Å²) in [6.45, 7) is 2.67. The minimum Gasteiger partial charge on any atom is -0.461 e. The van der Waals surface area contributed by atoms with E-state index in [-0.39, 0.29) is 17.7 Å². The van der Waals surface area contributed by atoms with Crippen LogP contribution in [0.1, 0.15) is 45.2 Å². The Labute approximate surface area is 231 Å². The zero-order valence-corrected chi connectivity index (χ0v) is 23.1. The molecule has 1 aliphatic heterocycles. The molecule has 2 aromatic heterocycles.